The van der Waals surface area contributed by atoms with Gasteiger partial charge in [0.1, 0.15) is 5.82 Å². The Labute approximate surface area is 133 Å². The Kier molecular flexibility index (Phi) is 3.99. The first kappa shape index (κ1) is 15.8. The average Bonchev–Trinajstić information content (AvgIpc) is 2.87. The van der Waals surface area contributed by atoms with Crippen LogP contribution in [0.5, 0.6) is 0 Å². The molecule has 124 valence electrons. The molecule has 0 unspecified atom stereocenters. The van der Waals surface area contributed by atoms with E-state index in [4.69, 9.17) is 10.3 Å². The fourth-order valence-electron chi connectivity index (χ4n) is 2.70. The van der Waals surface area contributed by atoms with E-state index in [1.807, 2.05) is 4.90 Å². The molecule has 2 aromatic rings. The maximum Gasteiger partial charge on any atom is 0.250 e. The zero-order valence-corrected chi connectivity index (χ0v) is 13.4. The molecule has 1 fully saturated rings. The maximum atomic E-state index is 13.8. The van der Waals surface area contributed by atoms with E-state index in [1.165, 1.54) is 17.3 Å². The number of nitrogen functional groups attached to an aromatic ring is 1. The van der Waals surface area contributed by atoms with Gasteiger partial charge in [0.15, 0.2) is 16.5 Å². The molecular formula is C14H17FN4O3S. The molecule has 2 heterocycles. The van der Waals surface area contributed by atoms with Gasteiger partial charge < -0.3 is 15.2 Å². The molecule has 0 atom stereocenters. The minimum Gasteiger partial charge on any atom is -0.380 e. The van der Waals surface area contributed by atoms with Crippen LogP contribution in [-0.2, 0) is 10.0 Å². The van der Waals surface area contributed by atoms with Crippen molar-refractivity contribution in [3.63, 3.8) is 0 Å². The van der Waals surface area contributed by atoms with E-state index in [-0.39, 0.29) is 35.4 Å². The third-order valence-electron chi connectivity index (χ3n) is 3.86. The van der Waals surface area contributed by atoms with Gasteiger partial charge in [0.05, 0.1) is 5.69 Å². The van der Waals surface area contributed by atoms with Gasteiger partial charge in [-0.25, -0.2) is 12.8 Å². The lowest BCUT2D eigenvalue weighted by molar-refractivity contribution is 0.378. The van der Waals surface area contributed by atoms with E-state index in [1.54, 1.807) is 18.2 Å². The fraction of sp³-hybridized carbons (Fsp3) is 0.357. The Morgan fingerprint density at radius 2 is 1.87 bits per heavy atom. The second-order valence-electron chi connectivity index (χ2n) is 5.30. The quantitative estimate of drug-likeness (QED) is 0.903. The summed E-state index contributed by atoms with van der Waals surface area (Å²) in [5, 5.41) is 3.49. The van der Waals surface area contributed by atoms with Crippen LogP contribution >= 0.6 is 0 Å². The number of halogens is 1. The molecule has 1 aliphatic heterocycles. The number of anilines is 2. The number of sulfonamides is 1. The molecule has 0 spiro atoms. The Balaban J connectivity index is 1.78. The zero-order valence-electron chi connectivity index (χ0n) is 12.6. The maximum absolute atomic E-state index is 13.8. The van der Waals surface area contributed by atoms with Crippen LogP contribution in [0.3, 0.4) is 0 Å². The Morgan fingerprint density at radius 3 is 2.43 bits per heavy atom. The highest BCUT2D eigenvalue weighted by molar-refractivity contribution is 7.89. The normalized spacial score (nSPS) is 16.7. The number of hydrogen-bond acceptors (Lipinski definition) is 6. The Morgan fingerprint density at radius 1 is 1.22 bits per heavy atom. The monoisotopic (exact) mass is 340 g/mol. The van der Waals surface area contributed by atoms with Crippen LogP contribution in [0.15, 0.2) is 33.7 Å². The first-order chi connectivity index (χ1) is 10.9. The first-order valence-corrected chi connectivity index (χ1v) is 8.56. The number of benzene rings is 1. The second-order valence-corrected chi connectivity index (χ2v) is 7.17. The van der Waals surface area contributed by atoms with Gasteiger partial charge >= 0.3 is 0 Å². The minimum atomic E-state index is -3.76. The number of aromatic nitrogens is 1. The van der Waals surface area contributed by atoms with Crippen LogP contribution in [0, 0.1) is 12.7 Å². The lowest BCUT2D eigenvalue weighted by atomic mass is 10.2. The molecule has 0 radical (unpaired) electrons. The van der Waals surface area contributed by atoms with Crippen LogP contribution in [0.1, 0.15) is 5.76 Å². The first-order valence-electron chi connectivity index (χ1n) is 7.12. The van der Waals surface area contributed by atoms with E-state index in [0.717, 1.165) is 0 Å². The van der Waals surface area contributed by atoms with E-state index in [2.05, 4.69) is 5.16 Å². The largest absolute Gasteiger partial charge is 0.380 e. The molecule has 0 saturated carbocycles. The molecule has 23 heavy (non-hydrogen) atoms. The van der Waals surface area contributed by atoms with E-state index >= 15 is 0 Å². The Hall–Kier alpha value is -2.13. The number of nitrogens with two attached hydrogens (primary N) is 1. The lowest BCUT2D eigenvalue weighted by Gasteiger charge is -2.35. The highest BCUT2D eigenvalue weighted by Gasteiger charge is 2.34. The van der Waals surface area contributed by atoms with Crippen molar-refractivity contribution in [2.24, 2.45) is 0 Å². The van der Waals surface area contributed by atoms with Gasteiger partial charge in [-0.1, -0.05) is 17.3 Å². The number of piperazine rings is 1. The van der Waals surface area contributed by atoms with Crippen molar-refractivity contribution in [3.05, 3.63) is 35.8 Å². The van der Waals surface area contributed by atoms with Gasteiger partial charge in [-0.2, -0.15) is 4.31 Å². The molecule has 1 aromatic carbocycles. The fourth-order valence-corrected chi connectivity index (χ4v) is 4.31. The molecule has 1 aliphatic rings. The predicted octanol–water partition coefficient (Wildman–Crippen LogP) is 1.22. The summed E-state index contributed by atoms with van der Waals surface area (Å²) in [5.41, 5.74) is 6.08. The van der Waals surface area contributed by atoms with Crippen LogP contribution in [0.2, 0.25) is 0 Å². The number of aryl methyl sites for hydroxylation is 1. The summed E-state index contributed by atoms with van der Waals surface area (Å²) in [6, 6.07) is 6.45. The summed E-state index contributed by atoms with van der Waals surface area (Å²) < 4.78 is 45.3. The van der Waals surface area contributed by atoms with Gasteiger partial charge in [-0.3, -0.25) is 0 Å². The van der Waals surface area contributed by atoms with Gasteiger partial charge in [0.25, 0.3) is 0 Å². The summed E-state index contributed by atoms with van der Waals surface area (Å²) in [4.78, 5) is 1.74. The molecule has 9 heteroatoms. The second kappa shape index (κ2) is 5.82. The van der Waals surface area contributed by atoms with Gasteiger partial charge in [-0.15, -0.1) is 0 Å². The van der Waals surface area contributed by atoms with E-state index in [0.29, 0.717) is 18.8 Å². The molecule has 7 nitrogen and oxygen atoms in total. The van der Waals surface area contributed by atoms with Crippen molar-refractivity contribution in [1.82, 2.24) is 9.46 Å². The zero-order chi connectivity index (χ0) is 16.6. The van der Waals surface area contributed by atoms with Crippen molar-refractivity contribution in [1.29, 1.82) is 0 Å². The molecule has 1 saturated heterocycles. The molecular weight excluding hydrogens is 323 g/mol. The van der Waals surface area contributed by atoms with E-state index < -0.39 is 10.0 Å². The van der Waals surface area contributed by atoms with Crippen molar-refractivity contribution in [2.75, 3.05) is 36.8 Å². The number of hydrogen-bond donors (Lipinski definition) is 1. The van der Waals surface area contributed by atoms with Crippen molar-refractivity contribution in [2.45, 2.75) is 11.8 Å². The summed E-state index contributed by atoms with van der Waals surface area (Å²) >= 11 is 0. The van der Waals surface area contributed by atoms with Crippen LogP contribution in [0.25, 0.3) is 0 Å². The standard InChI is InChI=1S/C14H17FN4O3S/c1-10-13(14(16)17-22-10)23(20,21)19-8-6-18(7-9-19)12-5-3-2-4-11(12)15/h2-5H,6-9H2,1H3,(H2,16,17). The Bertz CT molecular complexity index is 794. The number of rotatable bonds is 3. The van der Waals surface area contributed by atoms with Crippen molar-refractivity contribution < 1.29 is 17.3 Å². The van der Waals surface area contributed by atoms with Crippen molar-refractivity contribution in [3.8, 4) is 0 Å². The molecule has 2 N–H and O–H groups in total. The van der Waals surface area contributed by atoms with Crippen LogP contribution in [-0.4, -0.2) is 44.1 Å². The smallest absolute Gasteiger partial charge is 0.250 e. The third-order valence-corrected chi connectivity index (χ3v) is 5.92. The van der Waals surface area contributed by atoms with Crippen LogP contribution < -0.4 is 10.6 Å². The molecule has 1 aromatic heterocycles. The molecule has 0 amide bonds. The topological polar surface area (TPSA) is 92.7 Å². The van der Waals surface area contributed by atoms with Crippen LogP contribution in [0.4, 0.5) is 15.9 Å². The predicted molar refractivity (Wildman–Crippen MR) is 83.0 cm³/mol. The SMILES string of the molecule is Cc1onc(N)c1S(=O)(=O)N1CCN(c2ccccc2F)CC1. The number of nitrogens with zero attached hydrogens (tertiary/aromatic N) is 3. The average molecular weight is 340 g/mol. The molecule has 0 bridgehead atoms. The summed E-state index contributed by atoms with van der Waals surface area (Å²) in [6.07, 6.45) is 0. The minimum absolute atomic E-state index is 0.0863. The van der Waals surface area contributed by atoms with Gasteiger partial charge in [0, 0.05) is 26.2 Å². The van der Waals surface area contributed by atoms with Gasteiger partial charge in [-0.05, 0) is 19.1 Å². The summed E-state index contributed by atoms with van der Waals surface area (Å²) in [5.74, 6) is -0.291. The lowest BCUT2D eigenvalue weighted by Crippen LogP contribution is -2.49. The van der Waals surface area contributed by atoms with Crippen molar-refractivity contribution >= 4 is 21.5 Å². The summed E-state index contributed by atoms with van der Waals surface area (Å²) in [7, 11) is -3.76. The van der Waals surface area contributed by atoms with Gasteiger partial charge in [0.2, 0.25) is 10.0 Å². The third kappa shape index (κ3) is 2.77. The van der Waals surface area contributed by atoms with E-state index in [9.17, 15) is 12.8 Å². The highest BCUT2D eigenvalue weighted by Crippen LogP contribution is 2.27. The molecule has 3 rings (SSSR count). The highest BCUT2D eigenvalue weighted by atomic mass is 32.2. The molecule has 0 aliphatic carbocycles. The summed E-state index contributed by atoms with van der Waals surface area (Å²) in [6.45, 7) is 2.77. The number of para-hydroxylation sites is 1.